The lowest BCUT2D eigenvalue weighted by molar-refractivity contribution is 0.186. The number of hydrogen-bond donors (Lipinski definition) is 4. The molecule has 33 heavy (non-hydrogen) atoms. The third-order valence-corrected chi connectivity index (χ3v) is 7.19. The van der Waals surface area contributed by atoms with Gasteiger partial charge in [0.25, 0.3) is 10.2 Å². The summed E-state index contributed by atoms with van der Waals surface area (Å²) in [5.41, 5.74) is 2.22. The second-order valence-electron chi connectivity index (χ2n) is 8.65. The van der Waals surface area contributed by atoms with E-state index in [1.165, 1.54) is 18.2 Å². The first-order valence-electron chi connectivity index (χ1n) is 10.8. The number of aliphatic hydroxyl groups is 1. The number of H-pyrrole nitrogens is 1. The molecule has 0 amide bonds. The predicted octanol–water partition coefficient (Wildman–Crippen LogP) is 3.94. The number of aliphatic hydroxyl groups excluding tert-OH is 1. The summed E-state index contributed by atoms with van der Waals surface area (Å²) in [6.45, 7) is 1.95. The molecule has 0 saturated heterocycles. The van der Waals surface area contributed by atoms with Gasteiger partial charge in [0.2, 0.25) is 0 Å². The van der Waals surface area contributed by atoms with Crippen molar-refractivity contribution in [3.05, 3.63) is 59.4 Å². The number of rotatable bonds is 9. The first kappa shape index (κ1) is 23.7. The Morgan fingerprint density at radius 2 is 1.79 bits per heavy atom. The van der Waals surface area contributed by atoms with Crippen molar-refractivity contribution < 1.29 is 26.7 Å². The van der Waals surface area contributed by atoms with Gasteiger partial charge in [-0.15, -0.1) is 0 Å². The number of halogens is 3. The summed E-state index contributed by atoms with van der Waals surface area (Å²) >= 11 is 0. The highest BCUT2D eigenvalue weighted by atomic mass is 32.2. The molecule has 1 fully saturated rings. The number of aromatic nitrogens is 1. The van der Waals surface area contributed by atoms with Crippen molar-refractivity contribution in [2.75, 3.05) is 13.1 Å². The summed E-state index contributed by atoms with van der Waals surface area (Å²) in [4.78, 5) is 3.04. The van der Waals surface area contributed by atoms with Gasteiger partial charge < -0.3 is 10.1 Å². The topological polar surface area (TPSA) is 94.2 Å². The second-order valence-corrected chi connectivity index (χ2v) is 10.2. The number of fused-ring (bicyclic) bond motifs is 1. The van der Waals surface area contributed by atoms with Gasteiger partial charge in [-0.25, -0.2) is 22.6 Å². The smallest absolute Gasteiger partial charge is 0.276 e. The molecule has 178 valence electrons. The third kappa shape index (κ3) is 5.40. The average molecular weight is 482 g/mol. The highest BCUT2D eigenvalue weighted by Crippen LogP contribution is 2.48. The van der Waals surface area contributed by atoms with Crippen molar-refractivity contribution in [1.82, 2.24) is 14.4 Å². The van der Waals surface area contributed by atoms with Crippen molar-refractivity contribution in [3.63, 3.8) is 0 Å². The Bertz CT molecular complexity index is 1240. The monoisotopic (exact) mass is 481 g/mol. The fraction of sp³-hybridized carbons (Fsp3) is 0.391. The number of nitrogens with one attached hydrogen (secondary N) is 3. The maximum Gasteiger partial charge on any atom is 0.276 e. The Hall–Kier alpha value is -2.40. The summed E-state index contributed by atoms with van der Waals surface area (Å²) in [5, 5.41) is 9.68. The fourth-order valence-electron chi connectivity index (χ4n) is 4.33. The van der Waals surface area contributed by atoms with Crippen LogP contribution in [0, 0.1) is 23.4 Å². The van der Waals surface area contributed by atoms with Crippen LogP contribution in [0.1, 0.15) is 37.7 Å². The quantitative estimate of drug-likeness (QED) is 0.373. The van der Waals surface area contributed by atoms with Gasteiger partial charge in [0.15, 0.2) is 0 Å². The van der Waals surface area contributed by atoms with E-state index in [4.69, 9.17) is 0 Å². The Morgan fingerprint density at radius 3 is 2.45 bits per heavy atom. The molecule has 4 N–H and O–H groups in total. The number of aromatic amines is 1. The first-order chi connectivity index (χ1) is 15.6. The van der Waals surface area contributed by atoms with E-state index in [0.717, 1.165) is 11.6 Å². The van der Waals surface area contributed by atoms with Gasteiger partial charge >= 0.3 is 0 Å². The number of benzene rings is 2. The molecule has 0 bridgehead atoms. The van der Waals surface area contributed by atoms with Gasteiger partial charge in [0.05, 0.1) is 17.3 Å². The van der Waals surface area contributed by atoms with Crippen LogP contribution < -0.4 is 9.44 Å². The molecule has 1 atom stereocenters. The Kier molecular flexibility index (Phi) is 6.81. The summed E-state index contributed by atoms with van der Waals surface area (Å²) < 4.78 is 70.9. The van der Waals surface area contributed by atoms with E-state index in [0.29, 0.717) is 35.9 Å². The highest BCUT2D eigenvalue weighted by Gasteiger charge is 2.35. The van der Waals surface area contributed by atoms with Gasteiger partial charge in [0.1, 0.15) is 17.5 Å². The summed E-state index contributed by atoms with van der Waals surface area (Å²) in [6.07, 6.45) is 0.984. The molecule has 3 aromatic rings. The molecule has 1 heterocycles. The zero-order chi connectivity index (χ0) is 23.8. The van der Waals surface area contributed by atoms with Gasteiger partial charge in [-0.05, 0) is 79.5 Å². The van der Waals surface area contributed by atoms with Crippen LogP contribution in [0.4, 0.5) is 13.2 Å². The van der Waals surface area contributed by atoms with Crippen LogP contribution in [-0.2, 0) is 10.2 Å². The van der Waals surface area contributed by atoms with Crippen molar-refractivity contribution in [2.24, 2.45) is 5.92 Å². The zero-order valence-corrected chi connectivity index (χ0v) is 18.9. The van der Waals surface area contributed by atoms with Crippen LogP contribution in [0.5, 0.6) is 0 Å². The lowest BCUT2D eigenvalue weighted by Crippen LogP contribution is -2.42. The van der Waals surface area contributed by atoms with Crippen LogP contribution in [0.25, 0.3) is 22.2 Å². The van der Waals surface area contributed by atoms with E-state index in [-0.39, 0.29) is 30.4 Å². The Morgan fingerprint density at radius 1 is 1.09 bits per heavy atom. The molecular weight excluding hydrogens is 455 g/mol. The summed E-state index contributed by atoms with van der Waals surface area (Å²) in [7, 11) is -3.67. The van der Waals surface area contributed by atoms with Crippen LogP contribution >= 0.6 is 0 Å². The Balaban J connectivity index is 1.51. The standard InChI is InChI=1S/C23H26F3N3O3S/c1-13(30)6-7-27-33(31,32)28-12-14-8-16(9-14)21-19-10-18(25)11-20(26)23(19)29-22(21)15-2-4-17(24)5-3-15/h2-5,10-11,13-14,16,27-30H,6-9,12H2,1H3. The molecule has 10 heteroatoms. The average Bonchev–Trinajstić information content (AvgIpc) is 3.06. The van der Waals surface area contributed by atoms with Gasteiger partial charge in [-0.2, -0.15) is 8.42 Å². The maximum absolute atomic E-state index is 14.5. The van der Waals surface area contributed by atoms with Crippen LogP contribution in [0.2, 0.25) is 0 Å². The second kappa shape index (κ2) is 9.46. The van der Waals surface area contributed by atoms with E-state index in [9.17, 15) is 26.7 Å². The maximum atomic E-state index is 14.5. The van der Waals surface area contributed by atoms with E-state index in [1.807, 2.05) is 0 Å². The zero-order valence-electron chi connectivity index (χ0n) is 18.0. The Labute approximate surface area is 190 Å². The van der Waals surface area contributed by atoms with E-state index < -0.39 is 33.8 Å². The van der Waals surface area contributed by atoms with Crippen LogP contribution in [-0.4, -0.2) is 37.7 Å². The molecular formula is C23H26F3N3O3S. The predicted molar refractivity (Wildman–Crippen MR) is 120 cm³/mol. The van der Waals surface area contributed by atoms with Gasteiger partial charge in [-0.3, -0.25) is 0 Å². The fourth-order valence-corrected chi connectivity index (χ4v) is 5.27. The molecule has 0 spiro atoms. The molecule has 1 unspecified atom stereocenters. The molecule has 0 radical (unpaired) electrons. The normalized spacial score (nSPS) is 19.5. The van der Waals surface area contributed by atoms with Crippen molar-refractivity contribution >= 4 is 21.1 Å². The van der Waals surface area contributed by atoms with Gasteiger partial charge in [-0.1, -0.05) is 0 Å². The minimum Gasteiger partial charge on any atom is -0.393 e. The van der Waals surface area contributed by atoms with E-state index >= 15 is 0 Å². The molecule has 1 aromatic heterocycles. The molecule has 6 nitrogen and oxygen atoms in total. The van der Waals surface area contributed by atoms with Crippen molar-refractivity contribution in [3.8, 4) is 11.3 Å². The van der Waals surface area contributed by atoms with Crippen LogP contribution in [0.3, 0.4) is 0 Å². The number of hydrogen-bond acceptors (Lipinski definition) is 3. The van der Waals surface area contributed by atoms with Crippen molar-refractivity contribution in [2.45, 2.75) is 38.2 Å². The SMILES string of the molecule is CC(O)CCNS(=O)(=O)NCC1CC(c2c(-c3ccc(F)cc3)[nH]c3c(F)cc(F)cc23)C1. The van der Waals surface area contributed by atoms with Crippen molar-refractivity contribution in [1.29, 1.82) is 0 Å². The minimum absolute atomic E-state index is 0.0299. The molecule has 2 aromatic carbocycles. The lowest BCUT2D eigenvalue weighted by atomic mass is 9.70. The van der Waals surface area contributed by atoms with Gasteiger partial charge in [0, 0.05) is 24.5 Å². The van der Waals surface area contributed by atoms with E-state index in [1.54, 1.807) is 19.1 Å². The highest BCUT2D eigenvalue weighted by molar-refractivity contribution is 7.87. The lowest BCUT2D eigenvalue weighted by Gasteiger charge is -2.36. The molecule has 4 rings (SSSR count). The molecule has 1 aliphatic carbocycles. The minimum atomic E-state index is -3.67. The van der Waals surface area contributed by atoms with Crippen LogP contribution in [0.15, 0.2) is 36.4 Å². The first-order valence-corrected chi connectivity index (χ1v) is 12.3. The summed E-state index contributed by atoms with van der Waals surface area (Å²) in [5.74, 6) is -1.75. The van der Waals surface area contributed by atoms with E-state index in [2.05, 4.69) is 14.4 Å². The largest absolute Gasteiger partial charge is 0.393 e. The molecule has 0 aliphatic heterocycles. The molecule has 1 aliphatic rings. The summed E-state index contributed by atoms with van der Waals surface area (Å²) in [6, 6.07) is 7.90. The molecule has 1 saturated carbocycles. The third-order valence-electron chi connectivity index (χ3n) is 6.06.